The van der Waals surface area contributed by atoms with Gasteiger partial charge in [-0.05, 0) is 126 Å². The lowest BCUT2D eigenvalue weighted by atomic mass is 9.87. The first-order chi connectivity index (χ1) is 32.2. The lowest BCUT2D eigenvalue weighted by Crippen LogP contribution is -2.11. The summed E-state index contributed by atoms with van der Waals surface area (Å²) in [6.45, 7) is 0. The Kier molecular flexibility index (Phi) is 10.7. The molecule has 0 spiro atoms. The van der Waals surface area contributed by atoms with Crippen molar-refractivity contribution in [1.29, 1.82) is 0 Å². The quantitative estimate of drug-likeness (QED) is 0.133. The lowest BCUT2D eigenvalue weighted by Gasteiger charge is -2.29. The lowest BCUT2D eigenvalue weighted by molar-refractivity contribution is 1.28. The summed E-state index contributed by atoms with van der Waals surface area (Å²) >= 11 is 0. The van der Waals surface area contributed by atoms with Crippen LogP contribution in [0.3, 0.4) is 0 Å². The van der Waals surface area contributed by atoms with Crippen molar-refractivity contribution in [2.45, 2.75) is 0 Å². The summed E-state index contributed by atoms with van der Waals surface area (Å²) in [6.07, 6.45) is 0. The minimum Gasteiger partial charge on any atom is -0.310 e. The predicted molar refractivity (Wildman–Crippen MR) is 277 cm³/mol. The van der Waals surface area contributed by atoms with Gasteiger partial charge in [0.25, 0.3) is 0 Å². The topological polar surface area (TPSA) is 3.24 Å². The summed E-state index contributed by atoms with van der Waals surface area (Å²) < 4.78 is 0. The summed E-state index contributed by atoms with van der Waals surface area (Å²) in [4.78, 5) is 2.43. The highest BCUT2D eigenvalue weighted by Gasteiger charge is 2.21. The van der Waals surface area contributed by atoms with E-state index in [4.69, 9.17) is 0 Å². The number of nitrogens with zero attached hydrogens (tertiary/aromatic N) is 1. The number of fused-ring (bicyclic) bond motifs is 1. The number of para-hydroxylation sites is 1. The third-order valence-corrected chi connectivity index (χ3v) is 12.5. The Hall–Kier alpha value is -8.52. The van der Waals surface area contributed by atoms with E-state index in [1.165, 1.54) is 72.0 Å². The first kappa shape index (κ1) is 39.3. The molecule has 11 aromatic rings. The summed E-state index contributed by atoms with van der Waals surface area (Å²) in [5.41, 5.74) is 19.8. The Morgan fingerprint density at radius 3 is 1.28 bits per heavy atom. The van der Waals surface area contributed by atoms with Crippen LogP contribution < -0.4 is 4.90 Å². The van der Waals surface area contributed by atoms with Gasteiger partial charge < -0.3 is 4.90 Å². The first-order valence-corrected chi connectivity index (χ1v) is 22.3. The molecule has 0 N–H and O–H groups in total. The van der Waals surface area contributed by atoms with E-state index in [0.29, 0.717) is 0 Å². The van der Waals surface area contributed by atoms with E-state index < -0.39 is 0 Å². The highest BCUT2D eigenvalue weighted by Crippen LogP contribution is 2.47. The van der Waals surface area contributed by atoms with Gasteiger partial charge in [-0.2, -0.15) is 0 Å². The molecular weight excluding hydrogens is 783 g/mol. The van der Waals surface area contributed by atoms with Gasteiger partial charge in [0.2, 0.25) is 0 Å². The Balaban J connectivity index is 1.06. The predicted octanol–water partition coefficient (Wildman–Crippen LogP) is 18.0. The molecule has 0 fully saturated rings. The van der Waals surface area contributed by atoms with Crippen molar-refractivity contribution in [1.82, 2.24) is 0 Å². The van der Waals surface area contributed by atoms with Crippen LogP contribution in [0.15, 0.2) is 273 Å². The fourth-order valence-corrected chi connectivity index (χ4v) is 9.21. The van der Waals surface area contributed by atoms with Gasteiger partial charge in [0, 0.05) is 16.9 Å². The zero-order valence-electron chi connectivity index (χ0n) is 35.9. The van der Waals surface area contributed by atoms with Gasteiger partial charge in [0.05, 0.1) is 5.69 Å². The van der Waals surface area contributed by atoms with Crippen LogP contribution >= 0.6 is 0 Å². The minimum absolute atomic E-state index is 1.08. The summed E-state index contributed by atoms with van der Waals surface area (Å²) in [5, 5.41) is 2.47. The van der Waals surface area contributed by atoms with Crippen LogP contribution in [0.2, 0.25) is 0 Å². The average Bonchev–Trinajstić information content (AvgIpc) is 3.40. The van der Waals surface area contributed by atoms with E-state index in [0.717, 1.165) is 33.8 Å². The van der Waals surface area contributed by atoms with Gasteiger partial charge in [0.15, 0.2) is 0 Å². The van der Waals surface area contributed by atoms with Crippen molar-refractivity contribution in [2.75, 3.05) is 4.90 Å². The fourth-order valence-electron chi connectivity index (χ4n) is 9.21. The van der Waals surface area contributed by atoms with Crippen LogP contribution in [0.4, 0.5) is 17.1 Å². The molecule has 0 saturated heterocycles. The Morgan fingerprint density at radius 1 is 0.185 bits per heavy atom. The monoisotopic (exact) mass is 827 g/mol. The Morgan fingerprint density at radius 2 is 0.615 bits per heavy atom. The van der Waals surface area contributed by atoms with E-state index in [1.807, 2.05) is 0 Å². The molecule has 0 amide bonds. The normalized spacial score (nSPS) is 11.1. The molecule has 0 aliphatic heterocycles. The number of hydrogen-bond acceptors (Lipinski definition) is 1. The largest absolute Gasteiger partial charge is 0.310 e. The second-order valence-corrected chi connectivity index (χ2v) is 16.5. The maximum atomic E-state index is 2.43. The van der Waals surface area contributed by atoms with Gasteiger partial charge >= 0.3 is 0 Å². The maximum absolute atomic E-state index is 2.43. The molecule has 1 heteroatoms. The molecular formula is C64H45N. The van der Waals surface area contributed by atoms with Crippen LogP contribution in [0.1, 0.15) is 0 Å². The minimum atomic E-state index is 1.08. The molecule has 65 heavy (non-hydrogen) atoms. The van der Waals surface area contributed by atoms with Crippen LogP contribution in [0, 0.1) is 0 Å². The van der Waals surface area contributed by atoms with Crippen molar-refractivity contribution < 1.29 is 0 Å². The summed E-state index contributed by atoms with van der Waals surface area (Å²) in [7, 11) is 0. The molecule has 306 valence electrons. The SMILES string of the molecule is c1ccc(-c2ccc(-c3ccc(N(c4cccc(-c5ccc6ccccc6c5)c4)c4ccccc4-c4ccccc4-c4cc(-c5ccccc5)ccc4-c4ccccc4)cc3)cc2)cc1. The average molecular weight is 828 g/mol. The molecule has 0 heterocycles. The van der Waals surface area contributed by atoms with Crippen molar-refractivity contribution in [2.24, 2.45) is 0 Å². The van der Waals surface area contributed by atoms with Gasteiger partial charge in [-0.25, -0.2) is 0 Å². The first-order valence-electron chi connectivity index (χ1n) is 22.3. The van der Waals surface area contributed by atoms with Gasteiger partial charge in [-0.1, -0.05) is 231 Å². The molecule has 0 aromatic heterocycles. The van der Waals surface area contributed by atoms with E-state index in [9.17, 15) is 0 Å². The van der Waals surface area contributed by atoms with E-state index >= 15 is 0 Å². The number of hydrogen-bond donors (Lipinski definition) is 0. The zero-order valence-corrected chi connectivity index (χ0v) is 35.9. The molecule has 0 aliphatic rings. The van der Waals surface area contributed by atoms with E-state index in [-0.39, 0.29) is 0 Å². The standard InChI is InChI=1S/C64H45N/c1-4-17-46(18-5-1)49-31-33-50(34-32-49)51-37-40-57(41-38-51)65(58-26-16-25-54(44-58)55-36-35-48-21-10-11-24-53(48)43-55)64-30-15-14-29-62(64)60-27-12-13-28-61(60)63-45-56(47-19-6-2-7-20-47)39-42-59(63)52-22-8-3-9-23-52/h1-45H. The highest BCUT2D eigenvalue weighted by molar-refractivity contribution is 5.99. The molecule has 0 atom stereocenters. The molecule has 0 unspecified atom stereocenters. The van der Waals surface area contributed by atoms with Gasteiger partial charge in [0.1, 0.15) is 0 Å². The molecule has 0 saturated carbocycles. The fraction of sp³-hybridized carbons (Fsp3) is 0. The highest BCUT2D eigenvalue weighted by atomic mass is 15.1. The van der Waals surface area contributed by atoms with Gasteiger partial charge in [-0.3, -0.25) is 0 Å². The molecule has 0 aliphatic carbocycles. The Labute approximate surface area is 381 Å². The molecule has 11 rings (SSSR count). The zero-order chi connectivity index (χ0) is 43.4. The van der Waals surface area contributed by atoms with Crippen LogP contribution in [-0.4, -0.2) is 0 Å². The molecule has 11 aromatic carbocycles. The van der Waals surface area contributed by atoms with Crippen LogP contribution in [0.25, 0.3) is 88.7 Å². The number of rotatable bonds is 10. The van der Waals surface area contributed by atoms with Gasteiger partial charge in [-0.15, -0.1) is 0 Å². The third-order valence-electron chi connectivity index (χ3n) is 12.5. The third kappa shape index (κ3) is 8.04. The smallest absolute Gasteiger partial charge is 0.0540 e. The Bertz CT molecular complexity index is 3390. The van der Waals surface area contributed by atoms with Crippen LogP contribution in [0.5, 0.6) is 0 Å². The molecule has 0 bridgehead atoms. The van der Waals surface area contributed by atoms with Crippen molar-refractivity contribution in [3.05, 3.63) is 273 Å². The summed E-state index contributed by atoms with van der Waals surface area (Å²) in [5.74, 6) is 0. The van der Waals surface area contributed by atoms with E-state index in [1.54, 1.807) is 0 Å². The van der Waals surface area contributed by atoms with Crippen molar-refractivity contribution in [3.63, 3.8) is 0 Å². The molecule has 0 radical (unpaired) electrons. The summed E-state index contributed by atoms with van der Waals surface area (Å²) in [6, 6.07) is 99.0. The maximum Gasteiger partial charge on any atom is 0.0540 e. The van der Waals surface area contributed by atoms with Crippen molar-refractivity contribution >= 4 is 27.8 Å². The second-order valence-electron chi connectivity index (χ2n) is 16.5. The van der Waals surface area contributed by atoms with Crippen LogP contribution in [-0.2, 0) is 0 Å². The second kappa shape index (κ2) is 17.7. The molecule has 1 nitrogen and oxygen atoms in total. The number of anilines is 3. The van der Waals surface area contributed by atoms with Crippen molar-refractivity contribution in [3.8, 4) is 77.9 Å². The number of benzene rings is 11. The van der Waals surface area contributed by atoms with E-state index in [2.05, 4.69) is 278 Å².